The molecule has 6 rings (SSSR count). The number of hydrogen-bond donors (Lipinski definition) is 1. The number of halogens is 1. The Morgan fingerprint density at radius 2 is 1.74 bits per heavy atom. The predicted octanol–water partition coefficient (Wildman–Crippen LogP) is 5.69. The topological polar surface area (TPSA) is 104 Å². The minimum atomic E-state index is -0.504. The average Bonchev–Trinajstić information content (AvgIpc) is 3.34. The van der Waals surface area contributed by atoms with Gasteiger partial charge < -0.3 is 24.8 Å². The molecule has 4 aliphatic rings. The highest BCUT2D eigenvalue weighted by Crippen LogP contribution is 2.46. The molecular formula is C36H52FN7O3. The summed E-state index contributed by atoms with van der Waals surface area (Å²) in [6.07, 6.45) is 9.30. The fraction of sp³-hybridized carbons (Fsp3) is 0.694. The number of amides is 2. The molecule has 2 spiro atoms. The molecule has 10 nitrogen and oxygen atoms in total. The van der Waals surface area contributed by atoms with Gasteiger partial charge in [0, 0.05) is 48.6 Å². The SMILES string of the molecule is CC(C)C1CC2(CCC(CN3CCC4(CC3)CN(c3ncnnc3Oc3ccc(F)cc3C(=O)N(C(C)C)C(C)C)C4)CC2)NC1=O. The summed E-state index contributed by atoms with van der Waals surface area (Å²) < 4.78 is 20.6. The number of carbonyl (C=O) groups is 2. The number of aromatic nitrogens is 3. The number of nitrogens with zero attached hydrogens (tertiary/aromatic N) is 6. The lowest BCUT2D eigenvalue weighted by atomic mass is 9.71. The van der Waals surface area contributed by atoms with Crippen molar-refractivity contribution in [2.24, 2.45) is 23.2 Å². The van der Waals surface area contributed by atoms with Crippen molar-refractivity contribution in [3.05, 3.63) is 35.9 Å². The first-order chi connectivity index (χ1) is 22.4. The average molecular weight is 650 g/mol. The summed E-state index contributed by atoms with van der Waals surface area (Å²) in [7, 11) is 0. The maximum absolute atomic E-state index is 14.4. The first-order valence-corrected chi connectivity index (χ1v) is 17.6. The zero-order valence-corrected chi connectivity index (χ0v) is 29.0. The van der Waals surface area contributed by atoms with E-state index in [4.69, 9.17) is 4.74 Å². The smallest absolute Gasteiger partial charge is 0.282 e. The molecule has 1 N–H and O–H groups in total. The van der Waals surface area contributed by atoms with Crippen LogP contribution >= 0.6 is 0 Å². The van der Waals surface area contributed by atoms with Crippen molar-refractivity contribution in [3.63, 3.8) is 0 Å². The summed E-state index contributed by atoms with van der Waals surface area (Å²) in [4.78, 5) is 37.1. The summed E-state index contributed by atoms with van der Waals surface area (Å²) in [5.74, 6) is 1.78. The van der Waals surface area contributed by atoms with Crippen LogP contribution in [0.15, 0.2) is 24.5 Å². The number of piperidine rings is 1. The maximum Gasteiger partial charge on any atom is 0.282 e. The Labute approximate surface area is 278 Å². The lowest BCUT2D eigenvalue weighted by molar-refractivity contribution is -0.124. The Bertz CT molecular complexity index is 1430. The van der Waals surface area contributed by atoms with Gasteiger partial charge in [0.25, 0.3) is 11.8 Å². The van der Waals surface area contributed by atoms with Gasteiger partial charge in [-0.25, -0.2) is 9.37 Å². The van der Waals surface area contributed by atoms with E-state index < -0.39 is 5.82 Å². The lowest BCUT2D eigenvalue weighted by Gasteiger charge is -2.54. The molecule has 3 aliphatic heterocycles. The van der Waals surface area contributed by atoms with Crippen LogP contribution in [0.2, 0.25) is 0 Å². The molecular weight excluding hydrogens is 597 g/mol. The maximum atomic E-state index is 14.4. The predicted molar refractivity (Wildman–Crippen MR) is 179 cm³/mol. The monoisotopic (exact) mass is 649 g/mol. The molecule has 4 fully saturated rings. The highest BCUT2D eigenvalue weighted by Gasteiger charge is 2.48. The standard InChI is InChI=1S/C36H52FN7O3/c1-23(2)29-18-36(40-32(29)45)11-9-26(10-12-36)19-42-15-13-35(14-16-42)20-43(21-35)31-33(41-39-22-38-31)47-30-8-7-27(37)17-28(30)34(46)44(24(3)4)25(5)6/h7-8,17,22-26,29H,9-16,18-21H2,1-6H3,(H,40,45). The molecule has 3 saturated heterocycles. The number of nitrogens with one attached hydrogen (secondary N) is 1. The van der Waals surface area contributed by atoms with E-state index in [1.165, 1.54) is 37.4 Å². The van der Waals surface area contributed by atoms with E-state index in [1.807, 2.05) is 27.7 Å². The van der Waals surface area contributed by atoms with Gasteiger partial charge in [-0.15, -0.1) is 10.2 Å². The second-order valence-corrected chi connectivity index (χ2v) is 15.7. The lowest BCUT2D eigenvalue weighted by Crippen LogP contribution is -2.61. The second kappa shape index (κ2) is 13.3. The van der Waals surface area contributed by atoms with Gasteiger partial charge in [-0.2, -0.15) is 0 Å². The van der Waals surface area contributed by atoms with Crippen molar-refractivity contribution in [1.82, 2.24) is 30.3 Å². The van der Waals surface area contributed by atoms with E-state index >= 15 is 0 Å². The summed E-state index contributed by atoms with van der Waals surface area (Å²) >= 11 is 0. The molecule has 0 radical (unpaired) electrons. The highest BCUT2D eigenvalue weighted by atomic mass is 19.1. The Hall–Kier alpha value is -3.34. The zero-order valence-electron chi connectivity index (χ0n) is 29.0. The van der Waals surface area contributed by atoms with E-state index in [1.54, 1.807) is 4.90 Å². The van der Waals surface area contributed by atoms with Gasteiger partial charge in [0.2, 0.25) is 5.91 Å². The zero-order chi connectivity index (χ0) is 33.5. The first kappa shape index (κ1) is 33.6. The second-order valence-electron chi connectivity index (χ2n) is 15.7. The van der Waals surface area contributed by atoms with Gasteiger partial charge in [0.1, 0.15) is 17.9 Å². The number of carbonyl (C=O) groups excluding carboxylic acids is 2. The van der Waals surface area contributed by atoms with Crippen LogP contribution in [-0.2, 0) is 4.79 Å². The van der Waals surface area contributed by atoms with E-state index in [-0.39, 0.29) is 58.0 Å². The van der Waals surface area contributed by atoms with Crippen LogP contribution in [-0.4, -0.2) is 87.1 Å². The van der Waals surface area contributed by atoms with Crippen molar-refractivity contribution < 1.29 is 18.7 Å². The molecule has 1 aliphatic carbocycles. The van der Waals surface area contributed by atoms with Crippen LogP contribution in [0.4, 0.5) is 10.2 Å². The molecule has 2 aromatic rings. The van der Waals surface area contributed by atoms with Crippen molar-refractivity contribution in [2.45, 2.75) is 104 Å². The van der Waals surface area contributed by atoms with Crippen LogP contribution in [0.25, 0.3) is 0 Å². The number of benzene rings is 1. The van der Waals surface area contributed by atoms with Crippen LogP contribution in [0.5, 0.6) is 11.6 Å². The first-order valence-electron chi connectivity index (χ1n) is 17.6. The number of rotatable bonds is 9. The van der Waals surface area contributed by atoms with Gasteiger partial charge in [-0.1, -0.05) is 13.8 Å². The molecule has 1 aromatic carbocycles. The van der Waals surface area contributed by atoms with Gasteiger partial charge in [0.15, 0.2) is 5.82 Å². The van der Waals surface area contributed by atoms with Gasteiger partial charge in [-0.3, -0.25) is 9.59 Å². The highest BCUT2D eigenvalue weighted by molar-refractivity contribution is 5.97. The fourth-order valence-electron chi connectivity index (χ4n) is 8.61. The molecule has 1 saturated carbocycles. The van der Waals surface area contributed by atoms with E-state index in [0.29, 0.717) is 17.7 Å². The molecule has 1 aromatic heterocycles. The van der Waals surface area contributed by atoms with Crippen molar-refractivity contribution in [2.75, 3.05) is 37.6 Å². The molecule has 4 heterocycles. The van der Waals surface area contributed by atoms with E-state index in [2.05, 4.69) is 44.1 Å². The van der Waals surface area contributed by atoms with Gasteiger partial charge >= 0.3 is 0 Å². The molecule has 256 valence electrons. The van der Waals surface area contributed by atoms with Crippen molar-refractivity contribution in [1.29, 1.82) is 0 Å². The normalized spacial score (nSPS) is 25.9. The third kappa shape index (κ3) is 6.96. The minimum Gasteiger partial charge on any atom is -0.434 e. The Morgan fingerprint density at radius 1 is 1.06 bits per heavy atom. The minimum absolute atomic E-state index is 0.0403. The van der Waals surface area contributed by atoms with Crippen molar-refractivity contribution in [3.8, 4) is 11.6 Å². The number of anilines is 1. The Morgan fingerprint density at radius 3 is 2.36 bits per heavy atom. The number of likely N-dealkylation sites (tertiary alicyclic amines) is 1. The van der Waals surface area contributed by atoms with Crippen LogP contribution in [0, 0.1) is 29.0 Å². The summed E-state index contributed by atoms with van der Waals surface area (Å²) in [6.45, 7) is 17.2. The number of ether oxygens (including phenoxy) is 1. The van der Waals surface area contributed by atoms with Crippen LogP contribution < -0.4 is 15.0 Å². The van der Waals surface area contributed by atoms with E-state index in [0.717, 1.165) is 64.8 Å². The van der Waals surface area contributed by atoms with Gasteiger partial charge in [0.05, 0.1) is 5.56 Å². The van der Waals surface area contributed by atoms with Crippen LogP contribution in [0.3, 0.4) is 0 Å². The van der Waals surface area contributed by atoms with E-state index in [9.17, 15) is 14.0 Å². The Balaban J connectivity index is 1.03. The molecule has 11 heteroatoms. The summed E-state index contributed by atoms with van der Waals surface area (Å²) in [5, 5.41) is 11.6. The largest absolute Gasteiger partial charge is 0.434 e. The van der Waals surface area contributed by atoms with Crippen LogP contribution in [0.1, 0.15) is 96.8 Å². The molecule has 47 heavy (non-hydrogen) atoms. The van der Waals surface area contributed by atoms with Crippen molar-refractivity contribution >= 4 is 17.6 Å². The molecule has 1 unspecified atom stereocenters. The third-order valence-corrected chi connectivity index (χ3v) is 11.3. The summed E-state index contributed by atoms with van der Waals surface area (Å²) in [5.41, 5.74) is 0.428. The Kier molecular flexibility index (Phi) is 9.48. The van der Waals surface area contributed by atoms with Gasteiger partial charge in [-0.05, 0) is 116 Å². The fourth-order valence-corrected chi connectivity index (χ4v) is 8.61. The number of hydrogen-bond acceptors (Lipinski definition) is 8. The molecule has 1 atom stereocenters. The quantitative estimate of drug-likeness (QED) is 0.370. The molecule has 2 amide bonds. The third-order valence-electron chi connectivity index (χ3n) is 11.3. The summed E-state index contributed by atoms with van der Waals surface area (Å²) in [6, 6.07) is 3.86. The molecule has 0 bridgehead atoms.